The summed E-state index contributed by atoms with van der Waals surface area (Å²) < 4.78 is 28.8. The summed E-state index contributed by atoms with van der Waals surface area (Å²) in [5, 5.41) is 17.8. The average Bonchev–Trinajstić information content (AvgIpc) is 2.11. The molecule has 0 saturated carbocycles. The third-order valence-electron chi connectivity index (χ3n) is 2.28. The van der Waals surface area contributed by atoms with Gasteiger partial charge in [-0.3, -0.25) is 4.55 Å². The Morgan fingerprint density at radius 1 is 1.36 bits per heavy atom. The highest BCUT2D eigenvalue weighted by Gasteiger charge is 2.43. The second kappa shape index (κ2) is 5.04. The van der Waals surface area contributed by atoms with Gasteiger partial charge in [-0.1, -0.05) is 6.92 Å². The highest BCUT2D eigenvalue weighted by atomic mass is 32.2. The molecule has 14 heavy (non-hydrogen) atoms. The van der Waals surface area contributed by atoms with Gasteiger partial charge in [0, 0.05) is 6.04 Å². The second-order valence-corrected chi connectivity index (χ2v) is 5.16. The Kier molecular flexibility index (Phi) is 4.96. The van der Waals surface area contributed by atoms with E-state index < -0.39 is 34.1 Å². The van der Waals surface area contributed by atoms with Crippen molar-refractivity contribution < 1.29 is 23.2 Å². The zero-order chi connectivity index (χ0) is 11.4. The molecular formula is C7H17NO5S. The van der Waals surface area contributed by atoms with Crippen molar-refractivity contribution in [1.82, 2.24) is 0 Å². The molecule has 0 aromatic heterocycles. The monoisotopic (exact) mass is 227 g/mol. The number of hydrogen-bond donors (Lipinski definition) is 4. The van der Waals surface area contributed by atoms with Crippen LogP contribution in [-0.2, 0) is 10.1 Å². The molecule has 0 aliphatic rings. The number of rotatable bonds is 6. The average molecular weight is 227 g/mol. The molecule has 0 saturated heterocycles. The maximum absolute atomic E-state index is 10.9. The Balaban J connectivity index is 4.91. The number of aliphatic hydroxyl groups is 2. The number of hydrogen-bond acceptors (Lipinski definition) is 5. The topological polar surface area (TPSA) is 121 Å². The molecule has 0 bridgehead atoms. The molecule has 0 fully saturated rings. The lowest BCUT2D eigenvalue weighted by Gasteiger charge is -2.28. The van der Waals surface area contributed by atoms with E-state index in [9.17, 15) is 8.42 Å². The van der Waals surface area contributed by atoms with E-state index >= 15 is 0 Å². The maximum atomic E-state index is 10.9. The van der Waals surface area contributed by atoms with E-state index in [0.717, 1.165) is 0 Å². The smallest absolute Gasteiger partial charge is 0.275 e. The van der Waals surface area contributed by atoms with Crippen LogP contribution in [0, 0.1) is 0 Å². The highest BCUT2D eigenvalue weighted by Crippen LogP contribution is 2.22. The van der Waals surface area contributed by atoms with E-state index in [0.29, 0.717) is 6.42 Å². The maximum Gasteiger partial charge on any atom is 0.275 e. The van der Waals surface area contributed by atoms with E-state index in [2.05, 4.69) is 0 Å². The third-order valence-corrected chi connectivity index (χ3v) is 3.80. The fourth-order valence-corrected chi connectivity index (χ4v) is 1.82. The predicted molar refractivity (Wildman–Crippen MR) is 51.3 cm³/mol. The minimum atomic E-state index is -4.51. The van der Waals surface area contributed by atoms with Crippen molar-refractivity contribution in [2.24, 2.45) is 5.73 Å². The van der Waals surface area contributed by atoms with Crippen LogP contribution < -0.4 is 5.73 Å². The first-order valence-corrected chi connectivity index (χ1v) is 5.71. The van der Waals surface area contributed by atoms with E-state index in [4.69, 9.17) is 20.5 Å². The summed E-state index contributed by atoms with van der Waals surface area (Å²) in [6.45, 7) is 0.0419. The lowest BCUT2D eigenvalue weighted by atomic mass is 9.99. The van der Waals surface area contributed by atoms with Crippen molar-refractivity contribution in [2.45, 2.75) is 30.6 Å². The van der Waals surface area contributed by atoms with Crippen LogP contribution in [0.3, 0.4) is 0 Å². The van der Waals surface area contributed by atoms with Crippen molar-refractivity contribution in [2.75, 3.05) is 13.2 Å². The first-order valence-electron chi connectivity index (χ1n) is 4.27. The molecule has 5 N–H and O–H groups in total. The predicted octanol–water partition coefficient (Wildman–Crippen LogP) is -1.27. The summed E-state index contributed by atoms with van der Waals surface area (Å²) in [6.07, 6.45) is 0.326. The molecule has 0 aromatic carbocycles. The van der Waals surface area contributed by atoms with Crippen LogP contribution in [-0.4, -0.2) is 47.2 Å². The van der Waals surface area contributed by atoms with Crippen LogP contribution in [0.5, 0.6) is 0 Å². The molecule has 0 heterocycles. The molecule has 6 nitrogen and oxygen atoms in total. The van der Waals surface area contributed by atoms with E-state index in [-0.39, 0.29) is 6.42 Å². The molecular weight excluding hydrogens is 210 g/mol. The minimum Gasteiger partial charge on any atom is -0.395 e. The lowest BCUT2D eigenvalue weighted by Crippen LogP contribution is -2.49. The van der Waals surface area contributed by atoms with E-state index in [1.807, 2.05) is 0 Å². The second-order valence-electron chi connectivity index (χ2n) is 3.35. The van der Waals surface area contributed by atoms with Gasteiger partial charge in [-0.05, 0) is 12.8 Å². The Morgan fingerprint density at radius 2 is 1.79 bits per heavy atom. The first kappa shape index (κ1) is 13.8. The Hall–Kier alpha value is -0.210. The quantitative estimate of drug-likeness (QED) is 0.420. The molecule has 0 radical (unpaired) electrons. The van der Waals surface area contributed by atoms with Gasteiger partial charge in [0.1, 0.15) is 4.75 Å². The molecule has 86 valence electrons. The molecule has 0 aliphatic carbocycles. The lowest BCUT2D eigenvalue weighted by molar-refractivity contribution is 0.147. The summed E-state index contributed by atoms with van der Waals surface area (Å²) >= 11 is 0. The van der Waals surface area contributed by atoms with Crippen LogP contribution in [0.15, 0.2) is 0 Å². The molecule has 0 spiro atoms. The van der Waals surface area contributed by atoms with Gasteiger partial charge in [-0.2, -0.15) is 8.42 Å². The van der Waals surface area contributed by atoms with E-state index in [1.54, 1.807) is 6.92 Å². The largest absolute Gasteiger partial charge is 0.395 e. The van der Waals surface area contributed by atoms with Crippen LogP contribution >= 0.6 is 0 Å². The summed E-state index contributed by atoms with van der Waals surface area (Å²) in [4.78, 5) is 0. The van der Waals surface area contributed by atoms with Crippen LogP contribution in [0.2, 0.25) is 0 Å². The van der Waals surface area contributed by atoms with Crippen LogP contribution in [0.25, 0.3) is 0 Å². The van der Waals surface area contributed by atoms with Gasteiger partial charge in [0.15, 0.2) is 0 Å². The summed E-state index contributed by atoms with van der Waals surface area (Å²) in [7, 11) is -4.51. The Labute approximate surface area is 83.5 Å². The van der Waals surface area contributed by atoms with Crippen LogP contribution in [0.1, 0.15) is 19.8 Å². The third kappa shape index (κ3) is 2.89. The van der Waals surface area contributed by atoms with Gasteiger partial charge in [-0.25, -0.2) is 0 Å². The van der Waals surface area contributed by atoms with E-state index in [1.165, 1.54) is 0 Å². The van der Waals surface area contributed by atoms with Crippen LogP contribution in [0.4, 0.5) is 0 Å². The van der Waals surface area contributed by atoms with Gasteiger partial charge in [-0.15, -0.1) is 0 Å². The molecule has 0 amide bonds. The fourth-order valence-electron chi connectivity index (χ4n) is 1.07. The number of nitrogens with two attached hydrogens (primary N) is 1. The Morgan fingerprint density at radius 3 is 2.00 bits per heavy atom. The highest BCUT2D eigenvalue weighted by molar-refractivity contribution is 7.87. The van der Waals surface area contributed by atoms with Gasteiger partial charge < -0.3 is 15.9 Å². The van der Waals surface area contributed by atoms with Gasteiger partial charge in [0.25, 0.3) is 10.1 Å². The first-order chi connectivity index (χ1) is 6.33. The molecule has 7 heteroatoms. The summed E-state index contributed by atoms with van der Waals surface area (Å²) in [6, 6.07) is -0.490. The number of aliphatic hydroxyl groups excluding tert-OH is 2. The Bertz CT molecular complexity index is 259. The molecule has 0 aromatic rings. The normalized spacial score (nSPS) is 15.5. The SMILES string of the molecule is CCC(N)CC(CO)(CO)S(=O)(=O)O. The molecule has 1 atom stereocenters. The minimum absolute atomic E-state index is 0.171. The molecule has 1 unspecified atom stereocenters. The van der Waals surface area contributed by atoms with Crippen molar-refractivity contribution in [1.29, 1.82) is 0 Å². The van der Waals surface area contributed by atoms with Gasteiger partial charge in [0.05, 0.1) is 13.2 Å². The zero-order valence-electron chi connectivity index (χ0n) is 8.05. The standard InChI is InChI=1S/C7H17NO5S/c1-2-6(8)3-7(4-9,5-10)14(11,12)13/h6,9-10H,2-5,8H2,1H3,(H,11,12,13). The molecule has 0 rings (SSSR count). The van der Waals surface area contributed by atoms with Gasteiger partial charge in [0.2, 0.25) is 0 Å². The fraction of sp³-hybridized carbons (Fsp3) is 1.00. The van der Waals surface area contributed by atoms with Crippen molar-refractivity contribution >= 4 is 10.1 Å². The zero-order valence-corrected chi connectivity index (χ0v) is 8.87. The summed E-state index contributed by atoms with van der Waals surface area (Å²) in [5.41, 5.74) is 5.51. The van der Waals surface area contributed by atoms with Gasteiger partial charge >= 0.3 is 0 Å². The molecule has 0 aliphatic heterocycles. The van der Waals surface area contributed by atoms with Crippen molar-refractivity contribution in [3.05, 3.63) is 0 Å². The van der Waals surface area contributed by atoms with Crippen molar-refractivity contribution in [3.8, 4) is 0 Å². The summed E-state index contributed by atoms with van der Waals surface area (Å²) in [5.74, 6) is 0. The van der Waals surface area contributed by atoms with Crippen molar-refractivity contribution in [3.63, 3.8) is 0 Å².